The lowest BCUT2D eigenvalue weighted by molar-refractivity contribution is 0.287. The van der Waals surface area contributed by atoms with Crippen LogP contribution in [0.25, 0.3) is 11.3 Å². The minimum Gasteiger partial charge on any atom is -0.492 e. The number of halogens is 1. The Balaban J connectivity index is 1.56. The van der Waals surface area contributed by atoms with Gasteiger partial charge in [-0.05, 0) is 61.7 Å². The van der Waals surface area contributed by atoms with Gasteiger partial charge in [0.1, 0.15) is 18.2 Å². The van der Waals surface area contributed by atoms with Gasteiger partial charge in [0, 0.05) is 24.7 Å². The van der Waals surface area contributed by atoms with E-state index < -0.39 is 10.0 Å². The van der Waals surface area contributed by atoms with Crippen LogP contribution in [-0.2, 0) is 16.6 Å². The number of hydrogen-bond acceptors (Lipinski definition) is 5. The van der Waals surface area contributed by atoms with Crippen LogP contribution in [0.4, 0.5) is 4.39 Å². The third-order valence-electron chi connectivity index (χ3n) is 5.67. The lowest BCUT2D eigenvalue weighted by atomic mass is 10.1. The molecular formula is C24H26FN3O4S. The molecule has 2 aromatic carbocycles. The molecule has 0 atom stereocenters. The lowest BCUT2D eigenvalue weighted by Crippen LogP contribution is -2.36. The first-order chi connectivity index (χ1) is 15.8. The van der Waals surface area contributed by atoms with Crippen molar-refractivity contribution in [2.45, 2.75) is 37.6 Å². The molecule has 174 valence electrons. The highest BCUT2D eigenvalue weighted by Crippen LogP contribution is 2.27. The van der Waals surface area contributed by atoms with Gasteiger partial charge in [0.15, 0.2) is 0 Å². The van der Waals surface area contributed by atoms with Gasteiger partial charge in [-0.3, -0.25) is 4.79 Å². The number of aromatic nitrogens is 2. The Morgan fingerprint density at radius 3 is 2.45 bits per heavy atom. The third-order valence-corrected chi connectivity index (χ3v) is 7.71. The molecule has 0 spiro atoms. The molecular weight excluding hydrogens is 445 g/mol. The van der Waals surface area contributed by atoms with E-state index in [1.165, 1.54) is 35.0 Å². The molecule has 0 unspecified atom stereocenters. The number of hydrogen-bond donors (Lipinski definition) is 0. The average Bonchev–Trinajstić information content (AvgIpc) is 2.82. The summed E-state index contributed by atoms with van der Waals surface area (Å²) in [6.45, 7) is 3.20. The molecule has 1 aliphatic rings. The zero-order chi connectivity index (χ0) is 23.4. The summed E-state index contributed by atoms with van der Waals surface area (Å²) in [6, 6.07) is 13.8. The molecule has 0 bridgehead atoms. The van der Waals surface area contributed by atoms with Gasteiger partial charge in [0.05, 0.1) is 17.1 Å². The van der Waals surface area contributed by atoms with Gasteiger partial charge in [-0.2, -0.15) is 9.40 Å². The maximum absolute atomic E-state index is 13.2. The number of benzene rings is 2. The molecule has 7 nitrogen and oxygen atoms in total. The topological polar surface area (TPSA) is 81.5 Å². The highest BCUT2D eigenvalue weighted by Gasteiger charge is 2.27. The highest BCUT2D eigenvalue weighted by atomic mass is 32.2. The Hall–Kier alpha value is -3.04. The normalized spacial score (nSPS) is 14.8. The fourth-order valence-corrected chi connectivity index (χ4v) is 5.59. The van der Waals surface area contributed by atoms with E-state index in [-0.39, 0.29) is 29.4 Å². The monoisotopic (exact) mass is 471 g/mol. The summed E-state index contributed by atoms with van der Waals surface area (Å²) in [6.07, 6.45) is 2.77. The van der Waals surface area contributed by atoms with Crippen LogP contribution in [0.15, 0.2) is 64.3 Å². The number of nitrogens with zero attached hydrogens (tertiary/aromatic N) is 3. The Labute approximate surface area is 192 Å². The summed E-state index contributed by atoms with van der Waals surface area (Å²) in [5.41, 5.74) is 1.48. The second kappa shape index (κ2) is 9.84. The Bertz CT molecular complexity index is 1280. The van der Waals surface area contributed by atoms with Gasteiger partial charge < -0.3 is 4.74 Å². The molecule has 1 fully saturated rings. The van der Waals surface area contributed by atoms with Crippen molar-refractivity contribution in [3.05, 3.63) is 76.3 Å². The van der Waals surface area contributed by atoms with Crippen LogP contribution in [0.2, 0.25) is 0 Å². The maximum atomic E-state index is 13.2. The van der Waals surface area contributed by atoms with Crippen LogP contribution in [0.5, 0.6) is 5.75 Å². The third kappa shape index (κ3) is 5.31. The van der Waals surface area contributed by atoms with Crippen molar-refractivity contribution < 1.29 is 17.5 Å². The molecule has 4 rings (SSSR count). The van der Waals surface area contributed by atoms with E-state index >= 15 is 0 Å². The summed E-state index contributed by atoms with van der Waals surface area (Å²) in [5, 5.41) is 4.41. The van der Waals surface area contributed by atoms with Crippen molar-refractivity contribution in [1.82, 2.24) is 14.1 Å². The van der Waals surface area contributed by atoms with E-state index in [2.05, 4.69) is 5.10 Å². The molecule has 0 saturated carbocycles. The largest absolute Gasteiger partial charge is 0.492 e. The molecule has 0 aliphatic carbocycles. The highest BCUT2D eigenvalue weighted by molar-refractivity contribution is 7.89. The van der Waals surface area contributed by atoms with Crippen molar-refractivity contribution in [1.29, 1.82) is 0 Å². The maximum Gasteiger partial charge on any atom is 0.266 e. The van der Waals surface area contributed by atoms with E-state index in [1.54, 1.807) is 35.5 Å². The SMILES string of the molecule is Cc1ccc(-c2ccc(=O)n(CCOc3ccc(F)cc3)n2)cc1S(=O)(=O)N1CCCCC1. The number of sulfonamides is 1. The van der Waals surface area contributed by atoms with E-state index in [1.807, 2.05) is 0 Å². The fraction of sp³-hybridized carbons (Fsp3) is 0.333. The van der Waals surface area contributed by atoms with Gasteiger partial charge in [-0.25, -0.2) is 17.5 Å². The number of piperidine rings is 1. The van der Waals surface area contributed by atoms with Crippen LogP contribution in [0.3, 0.4) is 0 Å². The molecule has 0 amide bonds. The first kappa shape index (κ1) is 23.1. The summed E-state index contributed by atoms with van der Waals surface area (Å²) >= 11 is 0. The molecule has 33 heavy (non-hydrogen) atoms. The van der Waals surface area contributed by atoms with Gasteiger partial charge in [-0.1, -0.05) is 18.6 Å². The Morgan fingerprint density at radius 1 is 1.00 bits per heavy atom. The van der Waals surface area contributed by atoms with Gasteiger partial charge in [-0.15, -0.1) is 0 Å². The smallest absolute Gasteiger partial charge is 0.266 e. The van der Waals surface area contributed by atoms with E-state index in [0.29, 0.717) is 35.7 Å². The minimum atomic E-state index is -3.60. The number of ether oxygens (including phenoxy) is 1. The van der Waals surface area contributed by atoms with Crippen LogP contribution < -0.4 is 10.3 Å². The van der Waals surface area contributed by atoms with Crippen LogP contribution in [0.1, 0.15) is 24.8 Å². The standard InChI is InChI=1S/C24H26FN3O4S/c1-18-5-6-19(17-23(18)33(30,31)27-13-3-2-4-14-27)22-11-12-24(29)28(26-22)15-16-32-21-9-7-20(25)8-10-21/h5-12,17H,2-4,13-16H2,1H3. The van der Waals surface area contributed by atoms with Crippen LogP contribution >= 0.6 is 0 Å². The molecule has 0 radical (unpaired) electrons. The van der Waals surface area contributed by atoms with Crippen molar-refractivity contribution in [3.63, 3.8) is 0 Å². The van der Waals surface area contributed by atoms with Gasteiger partial charge in [0.25, 0.3) is 5.56 Å². The van der Waals surface area contributed by atoms with Crippen molar-refractivity contribution in [2.24, 2.45) is 0 Å². The average molecular weight is 472 g/mol. The molecule has 2 heterocycles. The second-order valence-electron chi connectivity index (χ2n) is 8.03. The summed E-state index contributed by atoms with van der Waals surface area (Å²) in [7, 11) is -3.60. The first-order valence-corrected chi connectivity index (χ1v) is 12.4. The van der Waals surface area contributed by atoms with Crippen LogP contribution in [-0.4, -0.2) is 42.2 Å². The predicted octanol–water partition coefficient (Wildman–Crippen LogP) is 3.61. The Morgan fingerprint density at radius 2 is 1.73 bits per heavy atom. The number of rotatable bonds is 7. The zero-order valence-electron chi connectivity index (χ0n) is 18.4. The predicted molar refractivity (Wildman–Crippen MR) is 123 cm³/mol. The quantitative estimate of drug-likeness (QED) is 0.526. The van der Waals surface area contributed by atoms with Crippen molar-refractivity contribution in [2.75, 3.05) is 19.7 Å². The molecule has 9 heteroatoms. The molecule has 0 N–H and O–H groups in total. The first-order valence-electron chi connectivity index (χ1n) is 10.9. The van der Waals surface area contributed by atoms with Gasteiger partial charge in [0.2, 0.25) is 10.0 Å². The van der Waals surface area contributed by atoms with Crippen LogP contribution in [0, 0.1) is 12.7 Å². The van der Waals surface area contributed by atoms with E-state index in [9.17, 15) is 17.6 Å². The van der Waals surface area contributed by atoms with Crippen molar-refractivity contribution >= 4 is 10.0 Å². The second-order valence-corrected chi connectivity index (χ2v) is 9.93. The van der Waals surface area contributed by atoms with E-state index in [4.69, 9.17) is 4.74 Å². The summed E-state index contributed by atoms with van der Waals surface area (Å²) < 4.78 is 47.8. The minimum absolute atomic E-state index is 0.171. The molecule has 3 aromatic rings. The zero-order valence-corrected chi connectivity index (χ0v) is 19.2. The number of aryl methyl sites for hydroxylation is 1. The Kier molecular flexibility index (Phi) is 6.90. The summed E-state index contributed by atoms with van der Waals surface area (Å²) in [4.78, 5) is 12.5. The van der Waals surface area contributed by atoms with Crippen molar-refractivity contribution in [3.8, 4) is 17.0 Å². The molecule has 1 aliphatic heterocycles. The molecule has 1 saturated heterocycles. The van der Waals surface area contributed by atoms with Gasteiger partial charge >= 0.3 is 0 Å². The summed E-state index contributed by atoms with van der Waals surface area (Å²) in [5.74, 6) is 0.138. The van der Waals surface area contributed by atoms with E-state index in [0.717, 1.165) is 19.3 Å². The lowest BCUT2D eigenvalue weighted by Gasteiger charge is -2.26. The fourth-order valence-electron chi connectivity index (χ4n) is 3.83. The molecule has 1 aromatic heterocycles.